The lowest BCUT2D eigenvalue weighted by Crippen LogP contribution is -2.32. The van der Waals surface area contributed by atoms with Crippen molar-refractivity contribution in [2.24, 2.45) is 5.92 Å². The molecule has 5 nitrogen and oxygen atoms in total. The van der Waals surface area contributed by atoms with Crippen molar-refractivity contribution in [3.05, 3.63) is 83.9 Å². The van der Waals surface area contributed by atoms with Crippen molar-refractivity contribution in [1.82, 2.24) is 20.0 Å². The van der Waals surface area contributed by atoms with E-state index in [1.54, 1.807) is 6.07 Å². The molecule has 0 saturated carbocycles. The molecule has 2 N–H and O–H groups in total. The van der Waals surface area contributed by atoms with Gasteiger partial charge in [0.15, 0.2) is 0 Å². The SMILES string of the molecule is CN1[C@H](CO)C[C@H](CNCc2cnn(-c3ccccc3)c2)[C@@H]1c1ccccc1F. The summed E-state index contributed by atoms with van der Waals surface area (Å²) in [7, 11) is 1.97. The maximum atomic E-state index is 14.4. The van der Waals surface area contributed by atoms with Crippen LogP contribution in [-0.4, -0.2) is 46.0 Å². The zero-order valence-electron chi connectivity index (χ0n) is 16.6. The monoisotopic (exact) mass is 394 g/mol. The van der Waals surface area contributed by atoms with Crippen molar-refractivity contribution < 1.29 is 9.50 Å². The van der Waals surface area contributed by atoms with Gasteiger partial charge in [0.2, 0.25) is 0 Å². The van der Waals surface area contributed by atoms with Crippen LogP contribution in [0.15, 0.2) is 67.0 Å². The van der Waals surface area contributed by atoms with Gasteiger partial charge in [-0.25, -0.2) is 9.07 Å². The summed E-state index contributed by atoms with van der Waals surface area (Å²) < 4.78 is 16.3. The Labute approximate surface area is 170 Å². The molecule has 1 aliphatic rings. The van der Waals surface area contributed by atoms with Crippen LogP contribution < -0.4 is 5.32 Å². The predicted octanol–water partition coefficient (Wildman–Crippen LogP) is 3.15. The van der Waals surface area contributed by atoms with Gasteiger partial charge in [-0.05, 0) is 37.6 Å². The molecule has 3 atom stereocenters. The van der Waals surface area contributed by atoms with Gasteiger partial charge in [-0.3, -0.25) is 4.90 Å². The summed E-state index contributed by atoms with van der Waals surface area (Å²) in [6.07, 6.45) is 4.72. The molecule has 152 valence electrons. The van der Waals surface area contributed by atoms with E-state index < -0.39 is 0 Å². The third-order valence-corrected chi connectivity index (χ3v) is 5.86. The number of hydrogen-bond acceptors (Lipinski definition) is 4. The molecule has 1 fully saturated rings. The summed E-state index contributed by atoms with van der Waals surface area (Å²) in [4.78, 5) is 2.11. The van der Waals surface area contributed by atoms with E-state index in [4.69, 9.17) is 0 Å². The Bertz CT molecular complexity index is 929. The van der Waals surface area contributed by atoms with E-state index in [-0.39, 0.29) is 30.4 Å². The van der Waals surface area contributed by atoms with Crippen molar-refractivity contribution in [3.63, 3.8) is 0 Å². The number of aliphatic hydroxyl groups is 1. The van der Waals surface area contributed by atoms with E-state index in [2.05, 4.69) is 15.3 Å². The molecule has 29 heavy (non-hydrogen) atoms. The zero-order valence-corrected chi connectivity index (χ0v) is 16.6. The van der Waals surface area contributed by atoms with Gasteiger partial charge in [-0.15, -0.1) is 0 Å². The molecule has 0 amide bonds. The fraction of sp³-hybridized carbons (Fsp3) is 0.348. The number of aliphatic hydroxyl groups excluding tert-OH is 1. The van der Waals surface area contributed by atoms with Crippen molar-refractivity contribution in [2.75, 3.05) is 20.2 Å². The van der Waals surface area contributed by atoms with Crippen molar-refractivity contribution in [2.45, 2.75) is 25.0 Å². The highest BCUT2D eigenvalue weighted by Crippen LogP contribution is 2.40. The molecular formula is C23H27FN4O. The first-order valence-corrected chi connectivity index (χ1v) is 10.0. The highest BCUT2D eigenvalue weighted by molar-refractivity contribution is 5.31. The van der Waals surface area contributed by atoms with Gasteiger partial charge in [-0.1, -0.05) is 36.4 Å². The van der Waals surface area contributed by atoms with Crippen LogP contribution in [-0.2, 0) is 6.54 Å². The molecule has 1 aliphatic heterocycles. The first kappa shape index (κ1) is 19.8. The van der Waals surface area contributed by atoms with E-state index >= 15 is 0 Å². The number of nitrogens with zero attached hydrogens (tertiary/aromatic N) is 3. The summed E-state index contributed by atoms with van der Waals surface area (Å²) in [6.45, 7) is 1.53. The summed E-state index contributed by atoms with van der Waals surface area (Å²) in [6, 6.07) is 17.0. The maximum absolute atomic E-state index is 14.4. The molecule has 2 heterocycles. The fourth-order valence-corrected chi connectivity index (χ4v) is 4.37. The molecule has 0 unspecified atom stereocenters. The Hall–Kier alpha value is -2.54. The first-order valence-electron chi connectivity index (χ1n) is 10.0. The Balaban J connectivity index is 1.42. The van der Waals surface area contributed by atoms with Crippen LogP contribution in [0, 0.1) is 11.7 Å². The molecule has 0 spiro atoms. The van der Waals surface area contributed by atoms with Crippen LogP contribution in [0.25, 0.3) is 5.69 Å². The number of likely N-dealkylation sites (N-methyl/N-ethyl adjacent to an activating group) is 1. The van der Waals surface area contributed by atoms with Gasteiger partial charge in [-0.2, -0.15) is 5.10 Å². The molecule has 0 bridgehead atoms. The lowest BCUT2D eigenvalue weighted by Gasteiger charge is -2.28. The predicted molar refractivity (Wildman–Crippen MR) is 111 cm³/mol. The van der Waals surface area contributed by atoms with Crippen LogP contribution in [0.4, 0.5) is 4.39 Å². The third-order valence-electron chi connectivity index (χ3n) is 5.86. The van der Waals surface area contributed by atoms with Crippen molar-refractivity contribution in [3.8, 4) is 5.69 Å². The number of rotatable bonds is 7. The molecule has 2 aromatic carbocycles. The highest BCUT2D eigenvalue weighted by atomic mass is 19.1. The lowest BCUT2D eigenvalue weighted by molar-refractivity contribution is 0.151. The van der Waals surface area contributed by atoms with E-state index in [9.17, 15) is 9.50 Å². The molecule has 0 aliphatic carbocycles. The lowest BCUT2D eigenvalue weighted by atomic mass is 9.92. The molecule has 6 heteroatoms. The Morgan fingerprint density at radius 3 is 2.66 bits per heavy atom. The molecule has 1 aromatic heterocycles. The fourth-order valence-electron chi connectivity index (χ4n) is 4.37. The maximum Gasteiger partial charge on any atom is 0.127 e. The number of hydrogen-bond donors (Lipinski definition) is 2. The topological polar surface area (TPSA) is 53.3 Å². The first-order chi connectivity index (χ1) is 14.2. The van der Waals surface area contributed by atoms with Crippen molar-refractivity contribution in [1.29, 1.82) is 0 Å². The number of likely N-dealkylation sites (tertiary alicyclic amines) is 1. The smallest absolute Gasteiger partial charge is 0.127 e. The van der Waals surface area contributed by atoms with Gasteiger partial charge in [0.25, 0.3) is 0 Å². The highest BCUT2D eigenvalue weighted by Gasteiger charge is 2.40. The molecule has 0 radical (unpaired) electrons. The average molecular weight is 394 g/mol. The van der Waals surface area contributed by atoms with Gasteiger partial charge >= 0.3 is 0 Å². The quantitative estimate of drug-likeness (QED) is 0.646. The van der Waals surface area contributed by atoms with E-state index in [0.29, 0.717) is 12.1 Å². The second kappa shape index (κ2) is 8.86. The normalized spacial score (nSPS) is 22.2. The van der Waals surface area contributed by atoms with Crippen LogP contribution >= 0.6 is 0 Å². The third kappa shape index (κ3) is 4.24. The zero-order chi connectivity index (χ0) is 20.2. The minimum atomic E-state index is -0.183. The van der Waals surface area contributed by atoms with Crippen LogP contribution in [0.3, 0.4) is 0 Å². The van der Waals surface area contributed by atoms with Gasteiger partial charge in [0.05, 0.1) is 18.5 Å². The second-order valence-electron chi connectivity index (χ2n) is 7.72. The van der Waals surface area contributed by atoms with E-state index in [0.717, 1.165) is 24.2 Å². The number of para-hydroxylation sites is 1. The number of benzene rings is 2. The minimum Gasteiger partial charge on any atom is -0.395 e. The van der Waals surface area contributed by atoms with Crippen molar-refractivity contribution >= 4 is 0 Å². The number of halogens is 1. The number of nitrogens with one attached hydrogen (secondary N) is 1. The van der Waals surface area contributed by atoms with E-state index in [1.807, 2.05) is 66.6 Å². The molecule has 1 saturated heterocycles. The minimum absolute atomic E-state index is 0.0482. The molecule has 3 aromatic rings. The number of aromatic nitrogens is 2. The molecular weight excluding hydrogens is 367 g/mol. The van der Waals surface area contributed by atoms with E-state index in [1.165, 1.54) is 6.07 Å². The Morgan fingerprint density at radius 1 is 1.14 bits per heavy atom. The van der Waals surface area contributed by atoms with Crippen LogP contribution in [0.5, 0.6) is 0 Å². The largest absolute Gasteiger partial charge is 0.395 e. The summed E-state index contributed by atoms with van der Waals surface area (Å²) in [5.74, 6) is 0.0373. The van der Waals surface area contributed by atoms with Gasteiger partial charge in [0.1, 0.15) is 5.82 Å². The average Bonchev–Trinajstić information content (AvgIpc) is 3.34. The Kier molecular flexibility index (Phi) is 6.04. The summed E-state index contributed by atoms with van der Waals surface area (Å²) >= 11 is 0. The summed E-state index contributed by atoms with van der Waals surface area (Å²) in [5.41, 5.74) is 2.83. The second-order valence-corrected chi connectivity index (χ2v) is 7.72. The summed E-state index contributed by atoms with van der Waals surface area (Å²) in [5, 5.41) is 17.7. The Morgan fingerprint density at radius 2 is 1.90 bits per heavy atom. The van der Waals surface area contributed by atoms with Gasteiger partial charge in [0, 0.05) is 42.5 Å². The molecule has 4 rings (SSSR count). The van der Waals surface area contributed by atoms with Crippen LogP contribution in [0.1, 0.15) is 23.6 Å². The standard InChI is InChI=1S/C23H27FN4O/c1-27-20(16-29)11-18(23(27)21-9-5-6-10-22(21)24)14-25-12-17-13-26-28(15-17)19-7-3-2-4-8-19/h2-10,13,15,18,20,23,25,29H,11-12,14,16H2,1H3/t18-,20+,23-/m1/s1. The van der Waals surface area contributed by atoms with Crippen LogP contribution in [0.2, 0.25) is 0 Å². The van der Waals surface area contributed by atoms with Gasteiger partial charge < -0.3 is 10.4 Å².